The fraction of sp³-hybridized carbons (Fsp3) is 0.133. The Morgan fingerprint density at radius 2 is 2.04 bits per heavy atom. The van der Waals surface area contributed by atoms with Crippen LogP contribution < -0.4 is 4.74 Å². The standard InChI is InChI=1S/C15H10Cl2N2O7S/c1-24-12(20)7-27-26-15(21)9-6-8(2-3-11(9)19(22)23)25-14-13(17)10(16)4-5-18-14/h2-6H,7H2,1H3. The molecule has 0 fully saturated rings. The number of esters is 1. The van der Waals surface area contributed by atoms with E-state index in [1.54, 1.807) is 0 Å². The van der Waals surface area contributed by atoms with Crippen LogP contribution in [0.5, 0.6) is 11.6 Å². The van der Waals surface area contributed by atoms with Crippen molar-refractivity contribution in [2.45, 2.75) is 0 Å². The number of carbonyl (C=O) groups is 2. The zero-order valence-electron chi connectivity index (χ0n) is 13.5. The summed E-state index contributed by atoms with van der Waals surface area (Å²) in [6.45, 7) is 0. The first-order valence-electron chi connectivity index (χ1n) is 7.00. The molecule has 0 spiro atoms. The molecule has 12 heteroatoms. The van der Waals surface area contributed by atoms with Crippen LogP contribution in [0.4, 0.5) is 5.69 Å². The highest BCUT2D eigenvalue weighted by Gasteiger charge is 2.24. The molecule has 1 aromatic carbocycles. The topological polar surface area (TPSA) is 118 Å². The smallest absolute Gasteiger partial charge is 0.357 e. The molecule has 0 unspecified atom stereocenters. The van der Waals surface area contributed by atoms with Gasteiger partial charge < -0.3 is 13.7 Å². The van der Waals surface area contributed by atoms with Crippen LogP contribution in [0.25, 0.3) is 0 Å². The van der Waals surface area contributed by atoms with Crippen LogP contribution in [0.2, 0.25) is 10.0 Å². The quantitative estimate of drug-likeness (QED) is 0.276. The third-order valence-electron chi connectivity index (χ3n) is 2.95. The molecule has 1 heterocycles. The minimum absolute atomic E-state index is 0.0373. The molecule has 2 aromatic rings. The second-order valence-electron chi connectivity index (χ2n) is 4.66. The number of ether oxygens (including phenoxy) is 2. The average Bonchev–Trinajstić information content (AvgIpc) is 2.64. The Morgan fingerprint density at radius 3 is 2.70 bits per heavy atom. The Balaban J connectivity index is 2.25. The summed E-state index contributed by atoms with van der Waals surface area (Å²) >= 11 is 12.3. The minimum Gasteiger partial charge on any atom is -0.468 e. The van der Waals surface area contributed by atoms with Crippen molar-refractivity contribution in [2.24, 2.45) is 0 Å². The van der Waals surface area contributed by atoms with Crippen LogP contribution >= 0.6 is 35.2 Å². The summed E-state index contributed by atoms with van der Waals surface area (Å²) in [5.74, 6) is -1.93. The molecule has 0 aliphatic carbocycles. The largest absolute Gasteiger partial charge is 0.468 e. The first kappa shape index (κ1) is 20.7. The number of hydrogen-bond donors (Lipinski definition) is 0. The molecule has 9 nitrogen and oxygen atoms in total. The predicted molar refractivity (Wildman–Crippen MR) is 97.3 cm³/mol. The molecule has 0 radical (unpaired) electrons. The molecule has 27 heavy (non-hydrogen) atoms. The molecule has 0 saturated carbocycles. The Morgan fingerprint density at radius 1 is 1.30 bits per heavy atom. The second kappa shape index (κ2) is 9.40. The molecule has 0 saturated heterocycles. The number of rotatable bonds is 7. The molecular formula is C15H10Cl2N2O7S. The molecular weight excluding hydrogens is 423 g/mol. The molecule has 0 N–H and O–H groups in total. The van der Waals surface area contributed by atoms with Crippen LogP contribution in [0.3, 0.4) is 0 Å². The number of methoxy groups -OCH3 is 1. The zero-order chi connectivity index (χ0) is 20.0. The number of benzene rings is 1. The molecule has 0 atom stereocenters. The summed E-state index contributed by atoms with van der Waals surface area (Å²) < 4.78 is 14.6. The number of nitrogens with zero attached hydrogens (tertiary/aromatic N) is 2. The van der Waals surface area contributed by atoms with Crippen molar-refractivity contribution in [3.63, 3.8) is 0 Å². The van der Waals surface area contributed by atoms with Gasteiger partial charge in [-0.1, -0.05) is 23.2 Å². The van der Waals surface area contributed by atoms with Crippen molar-refractivity contribution in [1.29, 1.82) is 0 Å². The van der Waals surface area contributed by atoms with E-state index in [-0.39, 0.29) is 33.0 Å². The third kappa shape index (κ3) is 5.46. The molecule has 0 amide bonds. The van der Waals surface area contributed by atoms with Gasteiger partial charge >= 0.3 is 11.9 Å². The predicted octanol–water partition coefficient (Wildman–Crippen LogP) is 4.07. The van der Waals surface area contributed by atoms with E-state index >= 15 is 0 Å². The highest BCUT2D eigenvalue weighted by atomic mass is 35.5. The second-order valence-corrected chi connectivity index (χ2v) is 6.14. The number of aromatic nitrogens is 1. The maximum atomic E-state index is 12.1. The Bertz CT molecular complexity index is 894. The van der Waals surface area contributed by atoms with Gasteiger partial charge in [0.05, 0.1) is 29.1 Å². The fourth-order valence-electron chi connectivity index (χ4n) is 1.72. The highest BCUT2D eigenvalue weighted by Crippen LogP contribution is 2.34. The Labute approximate surface area is 166 Å². The summed E-state index contributed by atoms with van der Waals surface area (Å²) in [4.78, 5) is 37.5. The van der Waals surface area contributed by atoms with Crippen molar-refractivity contribution < 1.29 is 28.2 Å². The SMILES string of the molecule is COC(=O)CSOC(=O)c1cc(Oc2nccc(Cl)c2Cl)ccc1[N+](=O)[O-]. The van der Waals surface area contributed by atoms with Crippen LogP contribution in [0.15, 0.2) is 30.5 Å². The van der Waals surface area contributed by atoms with E-state index in [4.69, 9.17) is 32.1 Å². The van der Waals surface area contributed by atoms with Gasteiger partial charge in [0.1, 0.15) is 22.1 Å². The average molecular weight is 433 g/mol. The van der Waals surface area contributed by atoms with Crippen molar-refractivity contribution in [1.82, 2.24) is 4.98 Å². The number of nitro benzene ring substituents is 1. The van der Waals surface area contributed by atoms with E-state index in [1.165, 1.54) is 25.4 Å². The normalized spacial score (nSPS) is 10.2. The third-order valence-corrected chi connectivity index (χ3v) is 4.35. The lowest BCUT2D eigenvalue weighted by atomic mass is 10.1. The van der Waals surface area contributed by atoms with E-state index < -0.39 is 22.5 Å². The Kier molecular flexibility index (Phi) is 7.22. The molecule has 0 bridgehead atoms. The first-order valence-corrected chi connectivity index (χ1v) is 8.67. The van der Waals surface area contributed by atoms with Crippen LogP contribution in [0.1, 0.15) is 10.4 Å². The summed E-state index contributed by atoms with van der Waals surface area (Å²) in [6.07, 6.45) is 1.35. The lowest BCUT2D eigenvalue weighted by Gasteiger charge is -2.09. The number of nitro groups is 1. The lowest BCUT2D eigenvalue weighted by molar-refractivity contribution is -0.385. The number of carbonyl (C=O) groups excluding carboxylic acids is 2. The summed E-state index contributed by atoms with van der Waals surface area (Å²) in [6, 6.07) is 4.87. The van der Waals surface area contributed by atoms with E-state index in [9.17, 15) is 19.7 Å². The van der Waals surface area contributed by atoms with Gasteiger partial charge in [-0.05, 0) is 12.1 Å². The highest BCUT2D eigenvalue weighted by molar-refractivity contribution is 7.95. The molecule has 1 aromatic heterocycles. The number of hydrogen-bond acceptors (Lipinski definition) is 9. The molecule has 0 aliphatic rings. The summed E-state index contributed by atoms with van der Waals surface area (Å²) in [5, 5.41) is 11.4. The van der Waals surface area contributed by atoms with Gasteiger partial charge in [-0.15, -0.1) is 0 Å². The molecule has 2 rings (SSSR count). The van der Waals surface area contributed by atoms with Crippen molar-refractivity contribution in [3.05, 3.63) is 56.2 Å². The van der Waals surface area contributed by atoms with Gasteiger partial charge in [0.2, 0.25) is 5.88 Å². The zero-order valence-corrected chi connectivity index (χ0v) is 15.8. The van der Waals surface area contributed by atoms with E-state index in [0.717, 1.165) is 12.1 Å². The van der Waals surface area contributed by atoms with Gasteiger partial charge in [0.25, 0.3) is 5.69 Å². The fourth-order valence-corrected chi connectivity index (χ4v) is 2.48. The van der Waals surface area contributed by atoms with Gasteiger partial charge in [-0.25, -0.2) is 9.78 Å². The van der Waals surface area contributed by atoms with Gasteiger partial charge in [-0.2, -0.15) is 0 Å². The minimum atomic E-state index is -1.04. The van der Waals surface area contributed by atoms with Crippen LogP contribution in [0, 0.1) is 10.1 Å². The Hall–Kier alpha value is -2.56. The van der Waals surface area contributed by atoms with Crippen molar-refractivity contribution >= 4 is 52.9 Å². The maximum Gasteiger partial charge on any atom is 0.357 e. The van der Waals surface area contributed by atoms with Crippen LogP contribution in [-0.2, 0) is 13.7 Å². The van der Waals surface area contributed by atoms with E-state index in [1.807, 2.05) is 0 Å². The maximum absolute atomic E-state index is 12.1. The van der Waals surface area contributed by atoms with Gasteiger partial charge in [-0.3, -0.25) is 14.9 Å². The van der Waals surface area contributed by atoms with Crippen LogP contribution in [-0.4, -0.2) is 34.7 Å². The number of halogens is 2. The molecule has 142 valence electrons. The lowest BCUT2D eigenvalue weighted by Crippen LogP contribution is -2.08. The first-order chi connectivity index (χ1) is 12.8. The van der Waals surface area contributed by atoms with Crippen molar-refractivity contribution in [2.75, 3.05) is 12.9 Å². The van der Waals surface area contributed by atoms with Crippen molar-refractivity contribution in [3.8, 4) is 11.6 Å². The summed E-state index contributed by atoms with van der Waals surface area (Å²) in [5.41, 5.74) is -0.885. The monoisotopic (exact) mass is 432 g/mol. The van der Waals surface area contributed by atoms with Gasteiger partial charge in [0.15, 0.2) is 0 Å². The van der Waals surface area contributed by atoms with Gasteiger partial charge in [0, 0.05) is 18.3 Å². The van der Waals surface area contributed by atoms with E-state index in [2.05, 4.69) is 9.72 Å². The summed E-state index contributed by atoms with van der Waals surface area (Å²) in [7, 11) is 1.17. The molecule has 0 aliphatic heterocycles. The number of pyridine rings is 1. The van der Waals surface area contributed by atoms with E-state index in [0.29, 0.717) is 12.0 Å².